The minimum atomic E-state index is -0.128. The number of nitrogens with zero attached hydrogens (tertiary/aromatic N) is 2. The number of benzene rings is 1. The second-order valence-corrected chi connectivity index (χ2v) is 7.16. The quantitative estimate of drug-likeness (QED) is 0.681. The van der Waals surface area contributed by atoms with E-state index in [0.717, 1.165) is 22.0 Å². The van der Waals surface area contributed by atoms with Crippen LogP contribution in [0.2, 0.25) is 0 Å². The number of carbonyl (C=O) groups excluding carboxylic acids is 1. The minimum absolute atomic E-state index is 0.128. The molecule has 0 aliphatic carbocycles. The van der Waals surface area contributed by atoms with Gasteiger partial charge in [0.2, 0.25) is 0 Å². The summed E-state index contributed by atoms with van der Waals surface area (Å²) in [6, 6.07) is 11.0. The first-order valence-electron chi connectivity index (χ1n) is 8.47. The summed E-state index contributed by atoms with van der Waals surface area (Å²) in [6.07, 6.45) is 3.52. The van der Waals surface area contributed by atoms with E-state index >= 15 is 0 Å². The van der Waals surface area contributed by atoms with Gasteiger partial charge in [-0.15, -0.1) is 11.3 Å². The van der Waals surface area contributed by atoms with Crippen LogP contribution in [0, 0.1) is 5.92 Å². The molecule has 26 heavy (non-hydrogen) atoms. The van der Waals surface area contributed by atoms with Crippen molar-refractivity contribution in [2.75, 3.05) is 6.61 Å². The van der Waals surface area contributed by atoms with Gasteiger partial charge < -0.3 is 10.1 Å². The molecule has 0 aliphatic rings. The average molecular weight is 367 g/mol. The van der Waals surface area contributed by atoms with E-state index in [9.17, 15) is 4.79 Å². The van der Waals surface area contributed by atoms with Crippen LogP contribution < -0.4 is 10.1 Å². The smallest absolute Gasteiger partial charge is 0.251 e. The molecule has 6 heteroatoms. The zero-order valence-corrected chi connectivity index (χ0v) is 15.6. The average Bonchev–Trinajstić information content (AvgIpc) is 3.14. The number of hydrogen-bond acceptors (Lipinski definition) is 5. The molecule has 0 saturated heterocycles. The summed E-state index contributed by atoms with van der Waals surface area (Å²) in [5.41, 5.74) is 2.41. The van der Waals surface area contributed by atoms with Gasteiger partial charge in [-0.1, -0.05) is 13.8 Å². The van der Waals surface area contributed by atoms with Crippen LogP contribution >= 0.6 is 11.3 Å². The summed E-state index contributed by atoms with van der Waals surface area (Å²) in [7, 11) is 0. The van der Waals surface area contributed by atoms with Crippen molar-refractivity contribution in [2.24, 2.45) is 5.92 Å². The molecule has 0 radical (unpaired) electrons. The van der Waals surface area contributed by atoms with Crippen LogP contribution in [0.25, 0.3) is 10.6 Å². The molecule has 2 aromatic heterocycles. The van der Waals surface area contributed by atoms with E-state index in [2.05, 4.69) is 29.1 Å². The molecule has 3 aromatic rings. The number of aromatic nitrogens is 2. The lowest BCUT2D eigenvalue weighted by molar-refractivity contribution is 0.0950. The first kappa shape index (κ1) is 18.1. The van der Waals surface area contributed by atoms with Crippen LogP contribution in [0.5, 0.6) is 5.75 Å². The zero-order chi connectivity index (χ0) is 18.4. The lowest BCUT2D eigenvalue weighted by atomic mass is 10.2. The fourth-order valence-electron chi connectivity index (χ4n) is 2.25. The Morgan fingerprint density at radius 3 is 2.73 bits per heavy atom. The lowest BCUT2D eigenvalue weighted by Gasteiger charge is -2.09. The van der Waals surface area contributed by atoms with Gasteiger partial charge in [-0.05, 0) is 42.3 Å². The van der Waals surface area contributed by atoms with Crippen LogP contribution in [0.4, 0.5) is 0 Å². The summed E-state index contributed by atoms with van der Waals surface area (Å²) in [5.74, 6) is 1.11. The number of hydrogen-bond donors (Lipinski definition) is 1. The predicted molar refractivity (Wildman–Crippen MR) is 103 cm³/mol. The van der Waals surface area contributed by atoms with E-state index in [1.54, 1.807) is 35.9 Å². The van der Waals surface area contributed by atoms with E-state index in [4.69, 9.17) is 4.74 Å². The molecule has 1 aromatic carbocycles. The van der Waals surface area contributed by atoms with Gasteiger partial charge in [0, 0.05) is 28.9 Å². The van der Waals surface area contributed by atoms with Crippen molar-refractivity contribution in [3.63, 3.8) is 0 Å². The van der Waals surface area contributed by atoms with Gasteiger partial charge >= 0.3 is 0 Å². The van der Waals surface area contributed by atoms with Crippen molar-refractivity contribution < 1.29 is 9.53 Å². The maximum Gasteiger partial charge on any atom is 0.251 e. The Labute approximate surface area is 157 Å². The van der Waals surface area contributed by atoms with Crippen LogP contribution in [-0.4, -0.2) is 22.5 Å². The molecule has 0 bridgehead atoms. The Balaban J connectivity index is 1.55. The van der Waals surface area contributed by atoms with Crippen molar-refractivity contribution in [2.45, 2.75) is 20.4 Å². The third-order valence-electron chi connectivity index (χ3n) is 3.59. The zero-order valence-electron chi connectivity index (χ0n) is 14.8. The molecule has 1 amide bonds. The second kappa shape index (κ2) is 8.58. The van der Waals surface area contributed by atoms with Crippen LogP contribution in [0.3, 0.4) is 0 Å². The number of carbonyl (C=O) groups is 1. The van der Waals surface area contributed by atoms with Gasteiger partial charge in [0.1, 0.15) is 10.8 Å². The Morgan fingerprint density at radius 2 is 2.04 bits per heavy atom. The highest BCUT2D eigenvalue weighted by atomic mass is 32.1. The highest BCUT2D eigenvalue weighted by Crippen LogP contribution is 2.22. The molecule has 3 rings (SSSR count). The minimum Gasteiger partial charge on any atom is -0.493 e. The maximum atomic E-state index is 12.3. The van der Waals surface area contributed by atoms with Gasteiger partial charge in [-0.2, -0.15) is 0 Å². The SMILES string of the molecule is CC(C)COc1ccc(C(=O)NCc2csc(-c3cccnc3)n2)cc1. The van der Waals surface area contributed by atoms with E-state index in [1.807, 2.05) is 29.6 Å². The van der Waals surface area contributed by atoms with E-state index in [0.29, 0.717) is 24.6 Å². The Morgan fingerprint density at radius 1 is 1.23 bits per heavy atom. The molecular weight excluding hydrogens is 346 g/mol. The van der Waals surface area contributed by atoms with Crippen molar-refractivity contribution >= 4 is 17.2 Å². The van der Waals surface area contributed by atoms with Gasteiger partial charge in [0.15, 0.2) is 0 Å². The fourth-order valence-corrected chi connectivity index (χ4v) is 3.06. The highest BCUT2D eigenvalue weighted by Gasteiger charge is 2.09. The van der Waals surface area contributed by atoms with Crippen LogP contribution in [0.15, 0.2) is 54.2 Å². The Hall–Kier alpha value is -2.73. The molecule has 5 nitrogen and oxygen atoms in total. The third-order valence-corrected chi connectivity index (χ3v) is 4.53. The number of amides is 1. The monoisotopic (exact) mass is 367 g/mol. The Kier molecular flexibility index (Phi) is 5.96. The van der Waals surface area contributed by atoms with Gasteiger partial charge in [-0.25, -0.2) is 4.98 Å². The molecule has 0 saturated carbocycles. The topological polar surface area (TPSA) is 64.1 Å². The molecule has 0 aliphatic heterocycles. The van der Waals surface area contributed by atoms with E-state index in [-0.39, 0.29) is 5.91 Å². The molecule has 2 heterocycles. The van der Waals surface area contributed by atoms with E-state index in [1.165, 1.54) is 0 Å². The van der Waals surface area contributed by atoms with E-state index < -0.39 is 0 Å². The number of rotatable bonds is 7. The molecule has 0 atom stereocenters. The number of nitrogens with one attached hydrogen (secondary N) is 1. The van der Waals surface area contributed by atoms with Gasteiger partial charge in [0.05, 0.1) is 18.8 Å². The third kappa shape index (κ3) is 4.89. The molecule has 1 N–H and O–H groups in total. The van der Waals surface area contributed by atoms with Gasteiger partial charge in [-0.3, -0.25) is 9.78 Å². The van der Waals surface area contributed by atoms with Crippen molar-refractivity contribution in [3.05, 3.63) is 65.4 Å². The summed E-state index contributed by atoms with van der Waals surface area (Å²) >= 11 is 1.54. The number of thiazole rings is 1. The van der Waals surface area contributed by atoms with Crippen LogP contribution in [-0.2, 0) is 6.54 Å². The molecule has 134 valence electrons. The molecule has 0 fully saturated rings. The van der Waals surface area contributed by atoms with Crippen molar-refractivity contribution in [1.82, 2.24) is 15.3 Å². The van der Waals surface area contributed by atoms with Crippen molar-refractivity contribution in [1.29, 1.82) is 0 Å². The van der Waals surface area contributed by atoms with Crippen LogP contribution in [0.1, 0.15) is 29.9 Å². The molecule has 0 spiro atoms. The summed E-state index contributed by atoms with van der Waals surface area (Å²) in [6.45, 7) is 5.25. The van der Waals surface area contributed by atoms with Crippen molar-refractivity contribution in [3.8, 4) is 16.3 Å². The fraction of sp³-hybridized carbons (Fsp3) is 0.250. The predicted octanol–water partition coefficient (Wildman–Crippen LogP) is 4.17. The number of pyridine rings is 1. The normalized spacial score (nSPS) is 10.7. The first-order chi connectivity index (χ1) is 12.6. The largest absolute Gasteiger partial charge is 0.493 e. The highest BCUT2D eigenvalue weighted by molar-refractivity contribution is 7.13. The standard InChI is InChI=1S/C20H21N3O2S/c1-14(2)12-25-18-7-5-15(6-8-18)19(24)22-11-17-13-26-20(23-17)16-4-3-9-21-10-16/h3-10,13-14H,11-12H2,1-2H3,(H,22,24). The van der Waals surface area contributed by atoms with Gasteiger partial charge in [0.25, 0.3) is 5.91 Å². The summed E-state index contributed by atoms with van der Waals surface area (Å²) in [4.78, 5) is 20.9. The second-order valence-electron chi connectivity index (χ2n) is 6.30. The molecule has 0 unspecified atom stereocenters. The summed E-state index contributed by atoms with van der Waals surface area (Å²) < 4.78 is 5.63. The summed E-state index contributed by atoms with van der Waals surface area (Å²) in [5, 5.41) is 5.75. The molecular formula is C20H21N3O2S. The number of ether oxygens (including phenoxy) is 1. The maximum absolute atomic E-state index is 12.3. The Bertz CT molecular complexity index is 845. The lowest BCUT2D eigenvalue weighted by Crippen LogP contribution is -2.22. The first-order valence-corrected chi connectivity index (χ1v) is 9.35.